The summed E-state index contributed by atoms with van der Waals surface area (Å²) in [5, 5.41) is 6.16. The van der Waals surface area contributed by atoms with Crippen LogP contribution in [0.2, 0.25) is 0 Å². The van der Waals surface area contributed by atoms with Gasteiger partial charge in [-0.05, 0) is 50.1 Å². The topological polar surface area (TPSA) is 78.5 Å². The van der Waals surface area contributed by atoms with Gasteiger partial charge in [0.25, 0.3) is 0 Å². The van der Waals surface area contributed by atoms with Crippen molar-refractivity contribution < 1.29 is 14.4 Å². The van der Waals surface area contributed by atoms with Crippen LogP contribution in [0, 0.1) is 29.6 Å². The predicted octanol–water partition coefficient (Wildman–Crippen LogP) is 0.721. The Morgan fingerprint density at radius 3 is 2.48 bits per heavy atom. The fourth-order valence-corrected chi connectivity index (χ4v) is 4.88. The van der Waals surface area contributed by atoms with Crippen LogP contribution < -0.4 is 10.6 Å². The van der Waals surface area contributed by atoms with Gasteiger partial charge in [-0.3, -0.25) is 19.3 Å². The average molecular weight is 368 g/mol. The van der Waals surface area contributed by atoms with Crippen molar-refractivity contribution in [1.82, 2.24) is 15.5 Å². The van der Waals surface area contributed by atoms with E-state index in [9.17, 15) is 14.4 Å². The monoisotopic (exact) mass is 367 g/mol. The third-order valence-corrected chi connectivity index (χ3v) is 6.16. The highest BCUT2D eigenvalue weighted by atomic mass is 35.5. The minimum absolute atomic E-state index is 0. The zero-order chi connectivity index (χ0) is 16.7. The Morgan fingerprint density at radius 2 is 1.88 bits per heavy atom. The van der Waals surface area contributed by atoms with Crippen LogP contribution in [0.5, 0.6) is 0 Å². The van der Waals surface area contributed by atoms with Crippen molar-refractivity contribution >= 4 is 30.1 Å². The zero-order valence-corrected chi connectivity index (χ0v) is 15.1. The van der Waals surface area contributed by atoms with Crippen molar-refractivity contribution in [1.29, 1.82) is 0 Å². The molecule has 6 nitrogen and oxygen atoms in total. The molecule has 3 fully saturated rings. The maximum atomic E-state index is 12.5. The molecule has 5 atom stereocenters. The number of carbonyl (C=O) groups excluding carboxylic acids is 3. The maximum Gasteiger partial charge on any atom is 0.233 e. The van der Waals surface area contributed by atoms with Gasteiger partial charge in [0.2, 0.25) is 17.7 Å². The van der Waals surface area contributed by atoms with Crippen molar-refractivity contribution in [2.24, 2.45) is 29.6 Å². The van der Waals surface area contributed by atoms with Gasteiger partial charge in [-0.1, -0.05) is 12.2 Å². The van der Waals surface area contributed by atoms with E-state index in [1.165, 1.54) is 4.90 Å². The minimum atomic E-state index is -0.141. The highest BCUT2D eigenvalue weighted by molar-refractivity contribution is 6.06. The van der Waals surface area contributed by atoms with Crippen molar-refractivity contribution in [3.05, 3.63) is 12.2 Å². The molecule has 138 valence electrons. The lowest BCUT2D eigenvalue weighted by Gasteiger charge is -2.17. The number of allylic oxidation sites excluding steroid dienone is 2. The third kappa shape index (κ3) is 3.34. The van der Waals surface area contributed by atoms with E-state index in [4.69, 9.17) is 0 Å². The quantitative estimate of drug-likeness (QED) is 0.535. The highest BCUT2D eigenvalue weighted by Gasteiger charge is 2.58. The van der Waals surface area contributed by atoms with Gasteiger partial charge >= 0.3 is 0 Å². The SMILES string of the molecule is Cl.O=C(CCC1CCNC1)NCCN1C(=O)C2C3C=CC(C3)C2C1=O. The second-order valence-corrected chi connectivity index (χ2v) is 7.58. The normalized spacial score (nSPS) is 35.2. The van der Waals surface area contributed by atoms with Crippen LogP contribution >= 0.6 is 12.4 Å². The van der Waals surface area contributed by atoms with Gasteiger partial charge in [-0.15, -0.1) is 12.4 Å². The summed E-state index contributed by atoms with van der Waals surface area (Å²) < 4.78 is 0. The molecule has 3 amide bonds. The van der Waals surface area contributed by atoms with E-state index in [2.05, 4.69) is 22.8 Å². The molecule has 2 heterocycles. The second-order valence-electron chi connectivity index (χ2n) is 7.58. The molecular formula is C18H26ClN3O3. The Bertz CT molecular complexity index is 558. The molecule has 2 aliphatic carbocycles. The van der Waals surface area contributed by atoms with Gasteiger partial charge in [0.1, 0.15) is 0 Å². The Balaban J connectivity index is 0.00000182. The fraction of sp³-hybridized carbons (Fsp3) is 0.722. The molecule has 1 saturated carbocycles. The number of hydrogen-bond acceptors (Lipinski definition) is 4. The van der Waals surface area contributed by atoms with Gasteiger partial charge in [-0.2, -0.15) is 0 Å². The van der Waals surface area contributed by atoms with Crippen molar-refractivity contribution in [3.8, 4) is 0 Å². The van der Waals surface area contributed by atoms with E-state index in [0.29, 0.717) is 25.4 Å². The molecule has 5 unspecified atom stereocenters. The smallest absolute Gasteiger partial charge is 0.233 e. The van der Waals surface area contributed by atoms with Crippen LogP contribution in [0.3, 0.4) is 0 Å². The van der Waals surface area contributed by atoms with Gasteiger partial charge in [0.05, 0.1) is 11.8 Å². The Morgan fingerprint density at radius 1 is 1.20 bits per heavy atom. The number of hydrogen-bond donors (Lipinski definition) is 2. The van der Waals surface area contributed by atoms with Crippen LogP contribution in [-0.2, 0) is 14.4 Å². The van der Waals surface area contributed by atoms with E-state index in [1.54, 1.807) is 0 Å². The molecule has 0 radical (unpaired) electrons. The lowest BCUT2D eigenvalue weighted by Crippen LogP contribution is -2.39. The summed E-state index contributed by atoms with van der Waals surface area (Å²) in [4.78, 5) is 38.3. The average Bonchev–Trinajstić information content (AvgIpc) is 3.33. The lowest BCUT2D eigenvalue weighted by molar-refractivity contribution is -0.141. The van der Waals surface area contributed by atoms with E-state index >= 15 is 0 Å². The summed E-state index contributed by atoms with van der Waals surface area (Å²) in [7, 11) is 0. The molecule has 2 aliphatic heterocycles. The first kappa shape index (κ1) is 18.4. The molecule has 0 spiro atoms. The van der Waals surface area contributed by atoms with Crippen molar-refractivity contribution in [2.45, 2.75) is 25.7 Å². The predicted molar refractivity (Wildman–Crippen MR) is 94.9 cm³/mol. The number of rotatable bonds is 6. The number of nitrogens with one attached hydrogen (secondary N) is 2. The molecule has 0 aromatic carbocycles. The molecular weight excluding hydrogens is 342 g/mol. The number of nitrogens with zero attached hydrogens (tertiary/aromatic N) is 1. The summed E-state index contributed by atoms with van der Waals surface area (Å²) in [5.41, 5.74) is 0. The van der Waals surface area contributed by atoms with Crippen LogP contribution in [0.1, 0.15) is 25.7 Å². The fourth-order valence-electron chi connectivity index (χ4n) is 4.88. The molecule has 2 saturated heterocycles. The molecule has 2 bridgehead atoms. The van der Waals surface area contributed by atoms with Gasteiger partial charge in [0.15, 0.2) is 0 Å². The number of likely N-dealkylation sites (tertiary alicyclic amines) is 1. The van der Waals surface area contributed by atoms with Gasteiger partial charge < -0.3 is 10.6 Å². The van der Waals surface area contributed by atoms with Crippen molar-refractivity contribution in [2.75, 3.05) is 26.2 Å². The van der Waals surface area contributed by atoms with E-state index in [-0.39, 0.29) is 53.8 Å². The Hall–Kier alpha value is -1.40. The highest BCUT2D eigenvalue weighted by Crippen LogP contribution is 2.52. The number of imide groups is 1. The molecule has 25 heavy (non-hydrogen) atoms. The van der Waals surface area contributed by atoms with E-state index < -0.39 is 0 Å². The minimum Gasteiger partial charge on any atom is -0.354 e. The Kier molecular flexibility index (Phi) is 5.49. The van der Waals surface area contributed by atoms with Gasteiger partial charge in [0, 0.05) is 19.5 Å². The molecule has 0 aromatic heterocycles. The Labute approximate surface area is 154 Å². The summed E-state index contributed by atoms with van der Waals surface area (Å²) in [6.07, 6.45) is 7.71. The number of fused-ring (bicyclic) bond motifs is 5. The first-order chi connectivity index (χ1) is 11.6. The van der Waals surface area contributed by atoms with Crippen LogP contribution in [0.4, 0.5) is 0 Å². The second kappa shape index (κ2) is 7.46. The number of carbonyl (C=O) groups is 3. The largest absolute Gasteiger partial charge is 0.354 e. The summed E-state index contributed by atoms with van der Waals surface area (Å²) >= 11 is 0. The van der Waals surface area contributed by atoms with E-state index in [0.717, 1.165) is 32.4 Å². The molecule has 4 aliphatic rings. The standard InChI is InChI=1S/C18H25N3O3.ClH/c22-14(4-1-11-5-6-19-10-11)20-7-8-21-17(23)15-12-2-3-13(9-12)16(15)18(21)24;/h2-3,11-13,15-16,19H,1,4-10H2,(H,20,22);1H. The molecule has 7 heteroatoms. The zero-order valence-electron chi connectivity index (χ0n) is 14.3. The van der Waals surface area contributed by atoms with Crippen molar-refractivity contribution in [3.63, 3.8) is 0 Å². The van der Waals surface area contributed by atoms with E-state index in [1.807, 2.05) is 0 Å². The van der Waals surface area contributed by atoms with Crippen LogP contribution in [0.25, 0.3) is 0 Å². The van der Waals surface area contributed by atoms with Gasteiger partial charge in [-0.25, -0.2) is 0 Å². The van der Waals surface area contributed by atoms with Crippen LogP contribution in [0.15, 0.2) is 12.2 Å². The summed E-state index contributed by atoms with van der Waals surface area (Å²) in [6, 6.07) is 0. The molecule has 4 rings (SSSR count). The number of amides is 3. The third-order valence-electron chi connectivity index (χ3n) is 6.16. The summed E-state index contributed by atoms with van der Waals surface area (Å²) in [6.45, 7) is 2.72. The first-order valence-electron chi connectivity index (χ1n) is 9.16. The molecule has 2 N–H and O–H groups in total. The maximum absolute atomic E-state index is 12.5. The molecule has 0 aromatic rings. The number of halogens is 1. The lowest BCUT2D eigenvalue weighted by atomic mass is 9.85. The van der Waals surface area contributed by atoms with Crippen LogP contribution in [-0.4, -0.2) is 48.8 Å². The summed E-state index contributed by atoms with van der Waals surface area (Å²) in [5.74, 6) is 0.757. The first-order valence-corrected chi connectivity index (χ1v) is 9.16.